The average molecular weight is 294 g/mol. The first-order chi connectivity index (χ1) is 10.1. The van der Waals surface area contributed by atoms with Gasteiger partial charge in [0.05, 0.1) is 6.61 Å². The lowest BCUT2D eigenvalue weighted by Crippen LogP contribution is -2.41. The zero-order valence-corrected chi connectivity index (χ0v) is 12.6. The van der Waals surface area contributed by atoms with E-state index in [9.17, 15) is 9.18 Å². The molecule has 5 heteroatoms. The minimum absolute atomic E-state index is 0.183. The lowest BCUT2D eigenvalue weighted by Gasteiger charge is -2.23. The van der Waals surface area contributed by atoms with E-state index in [4.69, 9.17) is 4.74 Å². The molecular formula is C16H23FN2O2. The Balaban J connectivity index is 1.87. The molecule has 0 bridgehead atoms. The van der Waals surface area contributed by atoms with E-state index in [0.29, 0.717) is 25.6 Å². The molecule has 0 amide bonds. The number of benzene rings is 1. The van der Waals surface area contributed by atoms with Crippen molar-refractivity contribution >= 4 is 11.7 Å². The molecule has 0 radical (unpaired) electrons. The molecule has 1 aliphatic rings. The largest absolute Gasteiger partial charge is 0.465 e. The fraction of sp³-hybridized carbons (Fsp3) is 0.562. The Morgan fingerprint density at radius 3 is 2.67 bits per heavy atom. The molecule has 1 N–H and O–H groups in total. The fourth-order valence-electron chi connectivity index (χ4n) is 2.19. The number of rotatable bonds is 8. The Kier molecular flexibility index (Phi) is 5.56. The summed E-state index contributed by atoms with van der Waals surface area (Å²) in [6.45, 7) is 2.92. The molecule has 4 nitrogen and oxygen atoms in total. The van der Waals surface area contributed by atoms with Crippen molar-refractivity contribution in [2.24, 2.45) is 0 Å². The van der Waals surface area contributed by atoms with E-state index in [1.165, 1.54) is 12.1 Å². The van der Waals surface area contributed by atoms with E-state index in [1.54, 1.807) is 12.1 Å². The van der Waals surface area contributed by atoms with E-state index < -0.39 is 0 Å². The smallest absolute Gasteiger partial charge is 0.323 e. The number of nitrogens with one attached hydrogen (secondary N) is 1. The summed E-state index contributed by atoms with van der Waals surface area (Å²) in [7, 11) is 1.94. The summed E-state index contributed by atoms with van der Waals surface area (Å²) in [6, 6.07) is 6.55. The second-order valence-electron chi connectivity index (χ2n) is 5.43. The van der Waals surface area contributed by atoms with Gasteiger partial charge in [-0.25, -0.2) is 4.39 Å². The summed E-state index contributed by atoms with van der Waals surface area (Å²) < 4.78 is 18.0. The molecule has 0 saturated heterocycles. The van der Waals surface area contributed by atoms with E-state index in [1.807, 2.05) is 18.9 Å². The first-order valence-corrected chi connectivity index (χ1v) is 7.49. The number of hydrogen-bond acceptors (Lipinski definition) is 4. The number of carbonyl (C=O) groups excluding carboxylic acids is 1. The van der Waals surface area contributed by atoms with Crippen molar-refractivity contribution in [2.45, 2.75) is 38.3 Å². The molecule has 0 aliphatic heterocycles. The maximum atomic E-state index is 12.9. The van der Waals surface area contributed by atoms with Gasteiger partial charge < -0.3 is 15.0 Å². The van der Waals surface area contributed by atoms with Gasteiger partial charge in [-0.15, -0.1) is 0 Å². The first-order valence-electron chi connectivity index (χ1n) is 7.49. The summed E-state index contributed by atoms with van der Waals surface area (Å²) in [4.78, 5) is 14.0. The summed E-state index contributed by atoms with van der Waals surface area (Å²) in [5, 5.41) is 3.33. The van der Waals surface area contributed by atoms with Gasteiger partial charge in [-0.05, 0) is 50.5 Å². The minimum atomic E-state index is -0.264. The molecule has 0 aromatic heterocycles. The van der Waals surface area contributed by atoms with Crippen LogP contribution < -0.4 is 10.2 Å². The molecular weight excluding hydrogens is 271 g/mol. The van der Waals surface area contributed by atoms with Crippen LogP contribution in [0.2, 0.25) is 0 Å². The van der Waals surface area contributed by atoms with Gasteiger partial charge in [0, 0.05) is 25.3 Å². The van der Waals surface area contributed by atoms with E-state index in [2.05, 4.69) is 5.32 Å². The maximum absolute atomic E-state index is 12.9. The van der Waals surface area contributed by atoms with Crippen LogP contribution in [0.5, 0.6) is 0 Å². The van der Waals surface area contributed by atoms with Gasteiger partial charge in [0.1, 0.15) is 11.9 Å². The number of hydrogen-bond donors (Lipinski definition) is 1. The summed E-state index contributed by atoms with van der Waals surface area (Å²) in [6.07, 6.45) is 2.93. The van der Waals surface area contributed by atoms with E-state index in [0.717, 1.165) is 18.5 Å². The van der Waals surface area contributed by atoms with Crippen LogP contribution in [0.3, 0.4) is 0 Å². The van der Waals surface area contributed by atoms with Crippen LogP contribution in [-0.4, -0.2) is 38.3 Å². The predicted octanol–water partition coefficient (Wildman–Crippen LogP) is 2.34. The van der Waals surface area contributed by atoms with E-state index in [-0.39, 0.29) is 17.8 Å². The Morgan fingerprint density at radius 2 is 2.10 bits per heavy atom. The average Bonchev–Trinajstić information content (AvgIpc) is 3.28. The second kappa shape index (κ2) is 7.41. The van der Waals surface area contributed by atoms with Crippen LogP contribution in [-0.2, 0) is 9.53 Å². The van der Waals surface area contributed by atoms with Crippen molar-refractivity contribution in [3.8, 4) is 0 Å². The van der Waals surface area contributed by atoms with Crippen LogP contribution in [0.4, 0.5) is 10.1 Å². The molecule has 1 atom stereocenters. The van der Waals surface area contributed by atoms with Gasteiger partial charge in [0.15, 0.2) is 0 Å². The van der Waals surface area contributed by atoms with Crippen molar-refractivity contribution in [3.05, 3.63) is 30.1 Å². The zero-order valence-electron chi connectivity index (χ0n) is 12.6. The number of carbonyl (C=O) groups is 1. The molecule has 116 valence electrons. The Hall–Kier alpha value is -1.62. The van der Waals surface area contributed by atoms with Gasteiger partial charge in [-0.1, -0.05) is 0 Å². The van der Waals surface area contributed by atoms with Gasteiger partial charge >= 0.3 is 5.97 Å². The van der Waals surface area contributed by atoms with Crippen molar-refractivity contribution in [1.82, 2.24) is 5.32 Å². The zero-order chi connectivity index (χ0) is 15.2. The van der Waals surface area contributed by atoms with Crippen LogP contribution in [0.1, 0.15) is 26.2 Å². The van der Waals surface area contributed by atoms with Gasteiger partial charge in [0.2, 0.25) is 0 Å². The molecule has 1 aromatic rings. The van der Waals surface area contributed by atoms with Crippen LogP contribution in [0.25, 0.3) is 0 Å². The predicted molar refractivity (Wildman–Crippen MR) is 80.9 cm³/mol. The first kappa shape index (κ1) is 15.8. The molecule has 1 aromatic carbocycles. The number of nitrogens with zero attached hydrogens (tertiary/aromatic N) is 1. The normalized spacial score (nSPS) is 15.6. The molecule has 0 heterocycles. The number of anilines is 1. The molecule has 1 unspecified atom stereocenters. The van der Waals surface area contributed by atoms with Crippen molar-refractivity contribution < 1.29 is 13.9 Å². The lowest BCUT2D eigenvalue weighted by atomic mass is 10.2. The molecule has 21 heavy (non-hydrogen) atoms. The monoisotopic (exact) mass is 294 g/mol. The molecule has 1 fully saturated rings. The van der Waals surface area contributed by atoms with Crippen molar-refractivity contribution in [1.29, 1.82) is 0 Å². The quantitative estimate of drug-likeness (QED) is 0.747. The summed E-state index contributed by atoms with van der Waals surface area (Å²) >= 11 is 0. The van der Waals surface area contributed by atoms with Gasteiger partial charge in [0.25, 0.3) is 0 Å². The second-order valence-corrected chi connectivity index (χ2v) is 5.43. The third-order valence-corrected chi connectivity index (χ3v) is 3.61. The SMILES string of the molecule is CCOC(=O)C(CCN(C)c1ccc(F)cc1)NC1CC1. The van der Waals surface area contributed by atoms with Crippen LogP contribution >= 0.6 is 0 Å². The summed E-state index contributed by atoms with van der Waals surface area (Å²) in [5.74, 6) is -0.427. The highest BCUT2D eigenvalue weighted by Gasteiger charge is 2.29. The van der Waals surface area contributed by atoms with Crippen molar-refractivity contribution in [3.63, 3.8) is 0 Å². The van der Waals surface area contributed by atoms with Crippen LogP contribution in [0.15, 0.2) is 24.3 Å². The fourth-order valence-corrected chi connectivity index (χ4v) is 2.19. The third-order valence-electron chi connectivity index (χ3n) is 3.61. The molecule has 1 saturated carbocycles. The minimum Gasteiger partial charge on any atom is -0.465 e. The third kappa shape index (κ3) is 5.01. The Labute approximate surface area is 125 Å². The highest BCUT2D eigenvalue weighted by Crippen LogP contribution is 2.21. The van der Waals surface area contributed by atoms with Crippen LogP contribution in [0, 0.1) is 5.82 Å². The number of esters is 1. The number of ether oxygens (including phenoxy) is 1. The Morgan fingerprint density at radius 1 is 1.43 bits per heavy atom. The topological polar surface area (TPSA) is 41.6 Å². The summed E-state index contributed by atoms with van der Waals surface area (Å²) in [5.41, 5.74) is 0.936. The highest BCUT2D eigenvalue weighted by atomic mass is 19.1. The molecule has 1 aliphatic carbocycles. The molecule has 2 rings (SSSR count). The standard InChI is InChI=1S/C16H23FN2O2/c1-3-21-16(20)15(18-13-6-7-13)10-11-19(2)14-8-4-12(17)5-9-14/h4-5,8-9,13,15,18H,3,6-7,10-11H2,1-2H3. The highest BCUT2D eigenvalue weighted by molar-refractivity contribution is 5.76. The Bertz CT molecular complexity index is 460. The van der Waals surface area contributed by atoms with Gasteiger partial charge in [-0.2, -0.15) is 0 Å². The van der Waals surface area contributed by atoms with E-state index >= 15 is 0 Å². The molecule has 0 spiro atoms. The maximum Gasteiger partial charge on any atom is 0.323 e. The van der Waals surface area contributed by atoms with Gasteiger partial charge in [-0.3, -0.25) is 4.79 Å². The van der Waals surface area contributed by atoms with Crippen molar-refractivity contribution in [2.75, 3.05) is 25.1 Å². The lowest BCUT2D eigenvalue weighted by molar-refractivity contribution is -0.145. The number of halogens is 1.